The molecule has 0 bridgehead atoms. The topological polar surface area (TPSA) is 133 Å². The van der Waals surface area contributed by atoms with Gasteiger partial charge in [0.05, 0.1) is 0 Å². The Labute approximate surface area is 504 Å². The van der Waals surface area contributed by atoms with Crippen LogP contribution in [0, 0.1) is 0 Å². The monoisotopic (exact) mass is 1170 g/mol. The molecule has 0 aliphatic rings. The summed E-state index contributed by atoms with van der Waals surface area (Å²) >= 11 is 0. The molecule has 0 aliphatic heterocycles. The maximum absolute atomic E-state index is 12.5. The van der Waals surface area contributed by atoms with Crippen molar-refractivity contribution in [2.75, 3.05) is 0 Å². The van der Waals surface area contributed by atoms with Gasteiger partial charge in [-0.2, -0.15) is 0 Å². The van der Waals surface area contributed by atoms with Crippen molar-refractivity contribution in [3.63, 3.8) is 0 Å². The number of rotatable bonds is 64. The fourth-order valence-electron chi connectivity index (χ4n) is 10.9. The summed E-state index contributed by atoms with van der Waals surface area (Å²) < 4.78 is 11.9. The number of unbranched alkanes of at least 4 members (excludes halogenated alkanes) is 46. The van der Waals surface area contributed by atoms with E-state index in [1.807, 2.05) is 0 Å². The Morgan fingerprint density at radius 1 is 0.241 bits per heavy atom. The van der Waals surface area contributed by atoms with Crippen LogP contribution in [0.2, 0.25) is 0 Å². The zero-order chi connectivity index (χ0) is 57.3. The van der Waals surface area contributed by atoms with Crippen molar-refractivity contribution in [1.82, 2.24) is 0 Å². The number of carboxylic acid groups (broad SMARTS) is 2. The molecule has 0 aromatic carbocycles. The number of carboxylic acids is 2. The van der Waals surface area contributed by atoms with E-state index in [0.717, 1.165) is 116 Å². The summed E-state index contributed by atoms with van der Waals surface area (Å²) in [6.07, 6.45) is 70.5. The minimum atomic E-state index is -0.931. The number of esters is 2. The van der Waals surface area contributed by atoms with Crippen molar-refractivity contribution in [1.29, 1.82) is 0 Å². The van der Waals surface area contributed by atoms with Gasteiger partial charge in [0.25, 0.3) is 0 Å². The Bertz CT molecular complexity index is 1140. The molecule has 9 heteroatoms. The minimum absolute atomic E-state index is 0. The van der Waals surface area contributed by atoms with Crippen molar-refractivity contribution >= 4 is 23.9 Å². The van der Waals surface area contributed by atoms with Crippen LogP contribution in [0.3, 0.4) is 0 Å². The molecule has 464 valence electrons. The Hall–Kier alpha value is -1.50. The third-order valence-electron chi connectivity index (χ3n) is 16.1. The summed E-state index contributed by atoms with van der Waals surface area (Å²) in [6.45, 7) is 9.02. The summed E-state index contributed by atoms with van der Waals surface area (Å²) in [5.41, 5.74) is 0. The van der Waals surface area contributed by atoms with Gasteiger partial charge in [-0.25, -0.2) is 0 Å². The van der Waals surface area contributed by atoms with Crippen LogP contribution < -0.4 is 10.2 Å². The second kappa shape index (κ2) is 70.8. The van der Waals surface area contributed by atoms with Gasteiger partial charge in [-0.3, -0.25) is 9.59 Å². The molecule has 0 saturated carbocycles. The first-order valence-corrected chi connectivity index (χ1v) is 35.0. The fraction of sp³-hybridized carbons (Fsp3) is 0.943. The zero-order valence-corrected chi connectivity index (χ0v) is 56.5. The van der Waals surface area contributed by atoms with Gasteiger partial charge in [0, 0.05) is 24.8 Å². The van der Waals surface area contributed by atoms with Crippen LogP contribution >= 0.6 is 0 Å². The molecule has 0 heterocycles. The zero-order valence-electron chi connectivity index (χ0n) is 53.6. The van der Waals surface area contributed by atoms with Crippen LogP contribution in [0.4, 0.5) is 0 Å². The van der Waals surface area contributed by atoms with E-state index in [1.54, 1.807) is 0 Å². The van der Waals surface area contributed by atoms with Gasteiger partial charge in [0.15, 0.2) is 0 Å². The van der Waals surface area contributed by atoms with Crippen LogP contribution in [-0.2, 0) is 48.1 Å². The third-order valence-corrected chi connectivity index (χ3v) is 16.1. The van der Waals surface area contributed by atoms with Crippen molar-refractivity contribution in [3.05, 3.63) is 0 Å². The normalized spacial score (nSPS) is 11.9. The number of carbonyl (C=O) groups excluding carboxylic acids is 4. The molecule has 0 spiro atoms. The Kier molecular flexibility index (Phi) is 73.2. The molecule has 2 atom stereocenters. The predicted octanol–water partition coefficient (Wildman–Crippen LogP) is 20.8. The molecule has 0 amide bonds. The second-order valence-corrected chi connectivity index (χ2v) is 24.1. The SMILES string of the molecule is CCCCCCCCCCCCCCCCC(=O)OC(CCCCCC)CCCCCCCCCCC(=O)[O-].CCCCCCCCCCCCCCCCC(=O)OC(CCCCCC)CCCCCCCCCCC(=O)[O-].[Zn+2]. The first-order valence-electron chi connectivity index (χ1n) is 35.0. The van der Waals surface area contributed by atoms with E-state index < -0.39 is 11.9 Å². The number of carbonyl (C=O) groups is 4. The number of hydrogen-bond acceptors (Lipinski definition) is 8. The van der Waals surface area contributed by atoms with Crippen molar-refractivity contribution in [2.45, 2.75) is 425 Å². The summed E-state index contributed by atoms with van der Waals surface area (Å²) in [6, 6.07) is 0. The molecule has 0 rings (SSSR count). The predicted molar refractivity (Wildman–Crippen MR) is 329 cm³/mol. The molecule has 2 unspecified atom stereocenters. The van der Waals surface area contributed by atoms with Gasteiger partial charge in [0.2, 0.25) is 0 Å². The van der Waals surface area contributed by atoms with E-state index >= 15 is 0 Å². The molecular weight excluding hydrogens is 1030 g/mol. The van der Waals surface area contributed by atoms with Crippen molar-refractivity contribution in [3.8, 4) is 0 Å². The standard InChI is InChI=1S/2C35H68O4.Zn/c2*1-3-5-7-9-10-11-12-13-14-15-16-21-24-28-32-35(38)39-33(29-25-8-6-4-2)30-26-22-19-17-18-20-23-27-31-34(36)37;/h2*33H,3-32H2,1-2H3,(H,36,37);/q;;+2/p-2. The Morgan fingerprint density at radius 2 is 0.392 bits per heavy atom. The van der Waals surface area contributed by atoms with Crippen molar-refractivity contribution in [2.24, 2.45) is 0 Å². The molecule has 79 heavy (non-hydrogen) atoms. The maximum atomic E-state index is 12.5. The molecule has 0 radical (unpaired) electrons. The maximum Gasteiger partial charge on any atom is 2.00 e. The molecule has 0 aliphatic carbocycles. The molecule has 0 aromatic heterocycles. The number of aliphatic carboxylic acids is 2. The van der Waals surface area contributed by atoms with Gasteiger partial charge < -0.3 is 29.3 Å². The van der Waals surface area contributed by atoms with E-state index in [9.17, 15) is 29.4 Å². The molecular formula is C70H134O8Zn. The second-order valence-electron chi connectivity index (χ2n) is 24.1. The van der Waals surface area contributed by atoms with Crippen LogP contribution in [0.5, 0.6) is 0 Å². The average Bonchev–Trinajstić information content (AvgIpc) is 3.42. The first kappa shape index (κ1) is 81.7. The molecule has 0 saturated heterocycles. The van der Waals surface area contributed by atoms with Gasteiger partial charge >= 0.3 is 31.4 Å². The van der Waals surface area contributed by atoms with E-state index in [4.69, 9.17) is 9.47 Å². The largest absolute Gasteiger partial charge is 2.00 e. The first-order chi connectivity index (χ1) is 38.2. The number of ether oxygens (including phenoxy) is 2. The van der Waals surface area contributed by atoms with E-state index in [2.05, 4.69) is 27.7 Å². The van der Waals surface area contributed by atoms with Crippen LogP contribution in [-0.4, -0.2) is 36.1 Å². The summed E-state index contributed by atoms with van der Waals surface area (Å²) in [5.74, 6) is -1.82. The Balaban J connectivity index is -0.00000144. The molecule has 8 nitrogen and oxygen atoms in total. The van der Waals surface area contributed by atoms with Gasteiger partial charge in [-0.1, -0.05) is 310 Å². The molecule has 0 aromatic rings. The minimum Gasteiger partial charge on any atom is -0.550 e. The van der Waals surface area contributed by atoms with Gasteiger partial charge in [-0.05, 0) is 89.9 Å². The molecule has 0 fully saturated rings. The van der Waals surface area contributed by atoms with E-state index in [0.29, 0.717) is 12.8 Å². The van der Waals surface area contributed by atoms with Crippen LogP contribution in [0.25, 0.3) is 0 Å². The smallest absolute Gasteiger partial charge is 0.550 e. The Morgan fingerprint density at radius 3 is 0.582 bits per heavy atom. The third kappa shape index (κ3) is 72.6. The fourth-order valence-corrected chi connectivity index (χ4v) is 10.9. The summed E-state index contributed by atoms with van der Waals surface area (Å²) in [5, 5.41) is 20.9. The van der Waals surface area contributed by atoms with Crippen LogP contribution in [0.1, 0.15) is 413 Å². The summed E-state index contributed by atoms with van der Waals surface area (Å²) in [4.78, 5) is 45.9. The van der Waals surface area contributed by atoms with Gasteiger partial charge in [-0.15, -0.1) is 0 Å². The number of hydrogen-bond donors (Lipinski definition) is 0. The van der Waals surface area contributed by atoms with Crippen molar-refractivity contribution < 1.29 is 58.3 Å². The van der Waals surface area contributed by atoms with E-state index in [-0.39, 0.29) is 56.5 Å². The summed E-state index contributed by atoms with van der Waals surface area (Å²) in [7, 11) is 0. The molecule has 0 N–H and O–H groups in total. The van der Waals surface area contributed by atoms with Crippen LogP contribution in [0.15, 0.2) is 0 Å². The quantitative estimate of drug-likeness (QED) is 0.0334. The average molecular weight is 1170 g/mol. The van der Waals surface area contributed by atoms with E-state index in [1.165, 1.54) is 244 Å². The van der Waals surface area contributed by atoms with Gasteiger partial charge in [0.1, 0.15) is 12.2 Å².